The Morgan fingerprint density at radius 1 is 1.42 bits per heavy atom. The van der Waals surface area contributed by atoms with Crippen LogP contribution in [0.2, 0.25) is 0 Å². The third kappa shape index (κ3) is 2.92. The van der Waals surface area contributed by atoms with Crippen LogP contribution in [0.3, 0.4) is 0 Å². The first-order valence-electron chi connectivity index (χ1n) is 5.55. The molecular formula is C10H12F3N5O. The summed E-state index contributed by atoms with van der Waals surface area (Å²) in [6, 6.07) is -1.19. The predicted octanol–water partition coefficient (Wildman–Crippen LogP) is 0.520. The molecule has 6 nitrogen and oxygen atoms in total. The number of carbonyl (C=O) groups is 1. The van der Waals surface area contributed by atoms with Crippen molar-refractivity contribution in [3.05, 3.63) is 23.8 Å². The fourth-order valence-electron chi connectivity index (χ4n) is 1.86. The molecule has 1 aromatic heterocycles. The quantitative estimate of drug-likeness (QED) is 0.782. The molecule has 1 aromatic rings. The highest BCUT2D eigenvalue weighted by Crippen LogP contribution is 2.28. The summed E-state index contributed by atoms with van der Waals surface area (Å²) < 4.78 is 37.2. The summed E-state index contributed by atoms with van der Waals surface area (Å²) in [5.74, 6) is 0.138. The average molecular weight is 275 g/mol. The van der Waals surface area contributed by atoms with Crippen LogP contribution < -0.4 is 11.1 Å². The molecule has 1 unspecified atom stereocenters. The molecule has 0 aliphatic carbocycles. The molecule has 1 saturated heterocycles. The van der Waals surface area contributed by atoms with Crippen molar-refractivity contribution in [1.29, 1.82) is 0 Å². The van der Waals surface area contributed by atoms with Gasteiger partial charge in [-0.05, 0) is 0 Å². The molecule has 1 aliphatic rings. The van der Waals surface area contributed by atoms with E-state index >= 15 is 0 Å². The minimum Gasteiger partial charge on any atom is -0.351 e. The van der Waals surface area contributed by atoms with Crippen LogP contribution >= 0.6 is 0 Å². The molecule has 2 amide bonds. The zero-order chi connectivity index (χ0) is 14.0. The van der Waals surface area contributed by atoms with Gasteiger partial charge in [0, 0.05) is 32.0 Å². The molecule has 2 heterocycles. The van der Waals surface area contributed by atoms with Crippen molar-refractivity contribution in [1.82, 2.24) is 20.2 Å². The molecule has 19 heavy (non-hydrogen) atoms. The maximum absolute atomic E-state index is 12.4. The molecule has 0 aromatic carbocycles. The number of alkyl halides is 3. The van der Waals surface area contributed by atoms with Crippen molar-refractivity contribution in [2.24, 2.45) is 5.73 Å². The van der Waals surface area contributed by atoms with E-state index in [-0.39, 0.29) is 5.82 Å². The summed E-state index contributed by atoms with van der Waals surface area (Å²) in [7, 11) is 0. The second-order valence-electron chi connectivity index (χ2n) is 4.08. The zero-order valence-corrected chi connectivity index (χ0v) is 9.81. The van der Waals surface area contributed by atoms with Crippen LogP contribution in [0.15, 0.2) is 12.4 Å². The molecule has 1 atom stereocenters. The molecule has 0 saturated carbocycles. The summed E-state index contributed by atoms with van der Waals surface area (Å²) in [4.78, 5) is 19.9. The monoisotopic (exact) mass is 275 g/mol. The van der Waals surface area contributed by atoms with Crippen LogP contribution in [0.25, 0.3) is 0 Å². The molecule has 1 aliphatic heterocycles. The van der Waals surface area contributed by atoms with E-state index in [1.54, 1.807) is 0 Å². The summed E-state index contributed by atoms with van der Waals surface area (Å²) in [5, 5.41) is 3.01. The Labute approximate surface area is 106 Å². The van der Waals surface area contributed by atoms with Crippen LogP contribution in [0.1, 0.15) is 17.4 Å². The number of urea groups is 1. The van der Waals surface area contributed by atoms with E-state index in [1.165, 1.54) is 4.90 Å². The van der Waals surface area contributed by atoms with E-state index in [1.807, 2.05) is 0 Å². The predicted molar refractivity (Wildman–Crippen MR) is 58.9 cm³/mol. The smallest absolute Gasteiger partial charge is 0.351 e. The molecule has 3 N–H and O–H groups in total. The van der Waals surface area contributed by atoms with E-state index in [0.717, 1.165) is 0 Å². The van der Waals surface area contributed by atoms with Gasteiger partial charge in [-0.2, -0.15) is 13.2 Å². The first-order valence-corrected chi connectivity index (χ1v) is 5.55. The normalized spacial score (nSPS) is 20.4. The molecule has 104 valence electrons. The fourth-order valence-corrected chi connectivity index (χ4v) is 1.86. The summed E-state index contributed by atoms with van der Waals surface area (Å²) in [6.07, 6.45) is -3.07. The SMILES string of the molecule is NC(=O)N1CCNCC1c1ncc(C(F)(F)F)cn1. The van der Waals surface area contributed by atoms with Gasteiger partial charge in [-0.15, -0.1) is 0 Å². The van der Waals surface area contributed by atoms with Crippen molar-refractivity contribution in [2.45, 2.75) is 12.2 Å². The minimum atomic E-state index is -4.48. The van der Waals surface area contributed by atoms with Gasteiger partial charge in [0.25, 0.3) is 0 Å². The van der Waals surface area contributed by atoms with E-state index in [4.69, 9.17) is 5.73 Å². The lowest BCUT2D eigenvalue weighted by molar-refractivity contribution is -0.138. The first kappa shape index (κ1) is 13.5. The molecule has 0 radical (unpaired) electrons. The maximum atomic E-state index is 12.4. The first-order chi connectivity index (χ1) is 8.89. The van der Waals surface area contributed by atoms with Gasteiger partial charge in [-0.3, -0.25) is 0 Å². The molecule has 1 fully saturated rings. The van der Waals surface area contributed by atoms with Crippen molar-refractivity contribution in [2.75, 3.05) is 19.6 Å². The van der Waals surface area contributed by atoms with Crippen molar-refractivity contribution in [3.8, 4) is 0 Å². The van der Waals surface area contributed by atoms with E-state index in [0.29, 0.717) is 32.0 Å². The minimum absolute atomic E-state index is 0.138. The fraction of sp³-hybridized carbons (Fsp3) is 0.500. The third-order valence-corrected chi connectivity index (χ3v) is 2.82. The summed E-state index contributed by atoms with van der Waals surface area (Å²) in [5.41, 5.74) is 4.29. The van der Waals surface area contributed by atoms with Gasteiger partial charge in [0.05, 0.1) is 5.56 Å². The highest BCUT2D eigenvalue weighted by atomic mass is 19.4. The standard InChI is InChI=1S/C10H12F3N5O/c11-10(12,13)6-3-16-8(17-4-6)7-5-15-1-2-18(7)9(14)19/h3-4,7,15H,1-2,5H2,(H2,14,19). The average Bonchev–Trinajstić information content (AvgIpc) is 2.38. The number of piperazine rings is 1. The van der Waals surface area contributed by atoms with Crippen LogP contribution in [0.5, 0.6) is 0 Å². The number of hydrogen-bond donors (Lipinski definition) is 2. The Bertz CT molecular complexity index is 461. The van der Waals surface area contributed by atoms with Crippen molar-refractivity contribution < 1.29 is 18.0 Å². The molecule has 0 spiro atoms. The summed E-state index contributed by atoms with van der Waals surface area (Å²) >= 11 is 0. The van der Waals surface area contributed by atoms with Crippen LogP contribution in [0.4, 0.5) is 18.0 Å². The number of amides is 2. The Morgan fingerprint density at radius 3 is 2.58 bits per heavy atom. The van der Waals surface area contributed by atoms with Gasteiger partial charge in [-0.1, -0.05) is 0 Å². The van der Waals surface area contributed by atoms with Gasteiger partial charge in [0.2, 0.25) is 0 Å². The topological polar surface area (TPSA) is 84.1 Å². The third-order valence-electron chi connectivity index (χ3n) is 2.82. The van der Waals surface area contributed by atoms with E-state index < -0.39 is 23.8 Å². The largest absolute Gasteiger partial charge is 0.419 e. The lowest BCUT2D eigenvalue weighted by Gasteiger charge is -2.33. The zero-order valence-electron chi connectivity index (χ0n) is 9.81. The number of halogens is 3. The van der Waals surface area contributed by atoms with Gasteiger partial charge in [0.15, 0.2) is 5.82 Å². The number of nitrogens with zero attached hydrogens (tertiary/aromatic N) is 3. The van der Waals surface area contributed by atoms with Crippen LogP contribution in [0, 0.1) is 0 Å². The van der Waals surface area contributed by atoms with Gasteiger partial charge in [-0.25, -0.2) is 14.8 Å². The number of hydrogen-bond acceptors (Lipinski definition) is 4. The van der Waals surface area contributed by atoms with Gasteiger partial charge in [0.1, 0.15) is 6.04 Å². The molecule has 9 heteroatoms. The number of rotatable bonds is 1. The summed E-state index contributed by atoms with van der Waals surface area (Å²) in [6.45, 7) is 1.29. The van der Waals surface area contributed by atoms with E-state index in [2.05, 4.69) is 15.3 Å². The number of carbonyl (C=O) groups excluding carboxylic acids is 1. The number of aromatic nitrogens is 2. The number of nitrogens with two attached hydrogens (primary N) is 1. The second kappa shape index (κ2) is 5.00. The Balaban J connectivity index is 2.23. The highest BCUT2D eigenvalue weighted by molar-refractivity contribution is 5.72. The van der Waals surface area contributed by atoms with Crippen molar-refractivity contribution >= 4 is 6.03 Å². The lowest BCUT2D eigenvalue weighted by Crippen LogP contribution is -2.51. The molecule has 0 bridgehead atoms. The Hall–Kier alpha value is -1.90. The van der Waals surface area contributed by atoms with Gasteiger partial charge < -0.3 is 16.0 Å². The maximum Gasteiger partial charge on any atom is 0.419 e. The molecular weight excluding hydrogens is 263 g/mol. The Kier molecular flexibility index (Phi) is 3.56. The Morgan fingerprint density at radius 2 is 2.05 bits per heavy atom. The van der Waals surface area contributed by atoms with Gasteiger partial charge >= 0.3 is 12.2 Å². The highest BCUT2D eigenvalue weighted by Gasteiger charge is 2.33. The second-order valence-corrected chi connectivity index (χ2v) is 4.08. The van der Waals surface area contributed by atoms with Crippen LogP contribution in [-0.2, 0) is 6.18 Å². The lowest BCUT2D eigenvalue weighted by atomic mass is 10.2. The van der Waals surface area contributed by atoms with E-state index in [9.17, 15) is 18.0 Å². The molecule has 2 rings (SSSR count). The number of nitrogens with one attached hydrogen (secondary N) is 1. The number of primary amides is 1. The van der Waals surface area contributed by atoms with Crippen molar-refractivity contribution in [3.63, 3.8) is 0 Å². The van der Waals surface area contributed by atoms with Crippen LogP contribution in [-0.4, -0.2) is 40.5 Å².